The van der Waals surface area contributed by atoms with Gasteiger partial charge in [0, 0.05) is 6.54 Å². The average molecular weight is 199 g/mol. The summed E-state index contributed by atoms with van der Waals surface area (Å²) in [7, 11) is 0. The zero-order valence-electron chi connectivity index (χ0n) is 8.07. The van der Waals surface area contributed by atoms with Crippen LogP contribution in [0.4, 0.5) is 10.3 Å². The minimum absolute atomic E-state index is 0.303. The van der Waals surface area contributed by atoms with E-state index < -0.39 is 5.82 Å². The standard InChI is InChI=1S/C9H14FN3O/c1-2-8(14)3-4-11-9-12-5-7(10)6-13-9/h5-6,8,14H,2-4H2,1H3,(H,11,12,13). The Morgan fingerprint density at radius 2 is 2.14 bits per heavy atom. The summed E-state index contributed by atoms with van der Waals surface area (Å²) in [5.74, 6) is -0.0705. The zero-order valence-corrected chi connectivity index (χ0v) is 8.07. The van der Waals surface area contributed by atoms with E-state index in [1.165, 1.54) is 0 Å². The van der Waals surface area contributed by atoms with Crippen LogP contribution in [0.3, 0.4) is 0 Å². The smallest absolute Gasteiger partial charge is 0.222 e. The summed E-state index contributed by atoms with van der Waals surface area (Å²) >= 11 is 0. The molecular formula is C9H14FN3O. The zero-order chi connectivity index (χ0) is 10.4. The van der Waals surface area contributed by atoms with E-state index in [-0.39, 0.29) is 6.10 Å². The van der Waals surface area contributed by atoms with Gasteiger partial charge in [-0.2, -0.15) is 0 Å². The highest BCUT2D eigenvalue weighted by molar-refractivity contribution is 5.21. The number of anilines is 1. The third kappa shape index (κ3) is 3.66. The maximum Gasteiger partial charge on any atom is 0.222 e. The lowest BCUT2D eigenvalue weighted by Gasteiger charge is -2.07. The van der Waals surface area contributed by atoms with Crippen LogP contribution in [0.1, 0.15) is 19.8 Å². The monoisotopic (exact) mass is 199 g/mol. The van der Waals surface area contributed by atoms with Crippen LogP contribution in [0, 0.1) is 5.82 Å². The summed E-state index contributed by atoms with van der Waals surface area (Å²) in [5.41, 5.74) is 0. The van der Waals surface area contributed by atoms with E-state index in [4.69, 9.17) is 0 Å². The molecule has 1 rings (SSSR count). The fourth-order valence-corrected chi connectivity index (χ4v) is 0.958. The van der Waals surface area contributed by atoms with E-state index in [0.717, 1.165) is 18.8 Å². The molecule has 1 aromatic heterocycles. The molecule has 0 amide bonds. The summed E-state index contributed by atoms with van der Waals surface area (Å²) in [5, 5.41) is 12.1. The molecule has 0 aliphatic carbocycles. The van der Waals surface area contributed by atoms with Crippen LogP contribution in [-0.2, 0) is 0 Å². The highest BCUT2D eigenvalue weighted by Gasteiger charge is 2.00. The van der Waals surface area contributed by atoms with E-state index in [2.05, 4.69) is 15.3 Å². The SMILES string of the molecule is CCC(O)CCNc1ncc(F)cn1. The number of nitrogens with zero attached hydrogens (tertiary/aromatic N) is 2. The van der Waals surface area contributed by atoms with Crippen LogP contribution in [-0.4, -0.2) is 27.7 Å². The van der Waals surface area contributed by atoms with Gasteiger partial charge >= 0.3 is 0 Å². The summed E-state index contributed by atoms with van der Waals surface area (Å²) in [6.45, 7) is 2.50. The van der Waals surface area contributed by atoms with Crippen LogP contribution in [0.5, 0.6) is 0 Å². The molecule has 0 radical (unpaired) electrons. The molecule has 1 atom stereocenters. The van der Waals surface area contributed by atoms with E-state index in [1.807, 2.05) is 6.92 Å². The maximum atomic E-state index is 12.4. The fraction of sp³-hybridized carbons (Fsp3) is 0.556. The predicted molar refractivity (Wildman–Crippen MR) is 51.4 cm³/mol. The number of halogens is 1. The normalized spacial score (nSPS) is 12.5. The van der Waals surface area contributed by atoms with Gasteiger partial charge in [-0.1, -0.05) is 6.92 Å². The summed E-state index contributed by atoms with van der Waals surface area (Å²) < 4.78 is 12.4. The predicted octanol–water partition coefficient (Wildman–Crippen LogP) is 1.19. The third-order valence-electron chi connectivity index (χ3n) is 1.85. The first-order valence-electron chi connectivity index (χ1n) is 4.62. The second-order valence-corrected chi connectivity index (χ2v) is 3.00. The average Bonchev–Trinajstić information content (AvgIpc) is 2.21. The van der Waals surface area contributed by atoms with Crippen molar-refractivity contribution < 1.29 is 9.50 Å². The molecule has 5 heteroatoms. The van der Waals surface area contributed by atoms with Gasteiger partial charge in [0.05, 0.1) is 18.5 Å². The van der Waals surface area contributed by atoms with Crippen LogP contribution in [0.2, 0.25) is 0 Å². The Kier molecular flexibility index (Phi) is 4.25. The lowest BCUT2D eigenvalue weighted by Crippen LogP contribution is -2.13. The first-order valence-corrected chi connectivity index (χ1v) is 4.62. The van der Waals surface area contributed by atoms with Crippen LogP contribution >= 0.6 is 0 Å². The van der Waals surface area contributed by atoms with Gasteiger partial charge in [0.2, 0.25) is 5.95 Å². The largest absolute Gasteiger partial charge is 0.393 e. The topological polar surface area (TPSA) is 58.0 Å². The Labute approximate surface area is 82.2 Å². The molecule has 0 aliphatic heterocycles. The Hall–Kier alpha value is -1.23. The number of hydrogen-bond acceptors (Lipinski definition) is 4. The number of nitrogens with one attached hydrogen (secondary N) is 1. The molecule has 0 aromatic carbocycles. The van der Waals surface area contributed by atoms with E-state index in [9.17, 15) is 9.50 Å². The second-order valence-electron chi connectivity index (χ2n) is 3.00. The Balaban J connectivity index is 2.28. The lowest BCUT2D eigenvalue weighted by molar-refractivity contribution is 0.164. The molecular weight excluding hydrogens is 185 g/mol. The molecule has 78 valence electrons. The summed E-state index contributed by atoms with van der Waals surface area (Å²) in [6, 6.07) is 0. The van der Waals surface area contributed by atoms with Crippen LogP contribution in [0.25, 0.3) is 0 Å². The maximum absolute atomic E-state index is 12.4. The first-order chi connectivity index (χ1) is 6.72. The van der Waals surface area contributed by atoms with Crippen molar-refractivity contribution in [2.24, 2.45) is 0 Å². The van der Waals surface area contributed by atoms with Crippen molar-refractivity contribution in [1.82, 2.24) is 9.97 Å². The van der Waals surface area contributed by atoms with Gasteiger partial charge < -0.3 is 10.4 Å². The van der Waals surface area contributed by atoms with Gasteiger partial charge in [-0.15, -0.1) is 0 Å². The molecule has 2 N–H and O–H groups in total. The highest BCUT2D eigenvalue weighted by atomic mass is 19.1. The Bertz CT molecular complexity index is 265. The van der Waals surface area contributed by atoms with Crippen molar-refractivity contribution in [3.05, 3.63) is 18.2 Å². The number of aliphatic hydroxyl groups is 1. The van der Waals surface area contributed by atoms with Crippen molar-refractivity contribution in [2.75, 3.05) is 11.9 Å². The van der Waals surface area contributed by atoms with E-state index in [0.29, 0.717) is 18.9 Å². The molecule has 4 nitrogen and oxygen atoms in total. The third-order valence-corrected chi connectivity index (χ3v) is 1.85. The molecule has 0 bridgehead atoms. The van der Waals surface area contributed by atoms with E-state index in [1.54, 1.807) is 0 Å². The summed E-state index contributed by atoms with van der Waals surface area (Å²) in [4.78, 5) is 7.44. The van der Waals surface area contributed by atoms with Gasteiger partial charge in [-0.05, 0) is 12.8 Å². The number of aliphatic hydroxyl groups excluding tert-OH is 1. The Morgan fingerprint density at radius 3 is 2.71 bits per heavy atom. The van der Waals surface area contributed by atoms with Crippen LogP contribution < -0.4 is 5.32 Å². The quantitative estimate of drug-likeness (QED) is 0.747. The minimum Gasteiger partial charge on any atom is -0.393 e. The van der Waals surface area contributed by atoms with Gasteiger partial charge in [0.25, 0.3) is 0 Å². The molecule has 0 fully saturated rings. The molecule has 14 heavy (non-hydrogen) atoms. The molecule has 0 spiro atoms. The van der Waals surface area contributed by atoms with Crippen LogP contribution in [0.15, 0.2) is 12.4 Å². The number of hydrogen-bond donors (Lipinski definition) is 2. The molecule has 1 heterocycles. The van der Waals surface area contributed by atoms with Gasteiger partial charge in [-0.3, -0.25) is 0 Å². The molecule has 0 saturated carbocycles. The highest BCUT2D eigenvalue weighted by Crippen LogP contribution is 2.00. The minimum atomic E-state index is -0.454. The first kappa shape index (κ1) is 10.8. The lowest BCUT2D eigenvalue weighted by atomic mass is 10.2. The van der Waals surface area contributed by atoms with E-state index >= 15 is 0 Å². The number of rotatable bonds is 5. The van der Waals surface area contributed by atoms with Crippen molar-refractivity contribution in [3.8, 4) is 0 Å². The second kappa shape index (κ2) is 5.49. The molecule has 0 saturated heterocycles. The fourth-order valence-electron chi connectivity index (χ4n) is 0.958. The Morgan fingerprint density at radius 1 is 1.50 bits per heavy atom. The van der Waals surface area contributed by atoms with Gasteiger partial charge in [0.1, 0.15) is 0 Å². The van der Waals surface area contributed by atoms with Crippen molar-refractivity contribution in [3.63, 3.8) is 0 Å². The van der Waals surface area contributed by atoms with Crippen molar-refractivity contribution >= 4 is 5.95 Å². The van der Waals surface area contributed by atoms with Crippen molar-refractivity contribution in [2.45, 2.75) is 25.9 Å². The van der Waals surface area contributed by atoms with Gasteiger partial charge in [0.15, 0.2) is 5.82 Å². The molecule has 0 aliphatic rings. The summed E-state index contributed by atoms with van der Waals surface area (Å²) in [6.07, 6.45) is 3.27. The van der Waals surface area contributed by atoms with Crippen molar-refractivity contribution in [1.29, 1.82) is 0 Å². The molecule has 1 unspecified atom stereocenters. The number of aromatic nitrogens is 2. The molecule has 1 aromatic rings. The van der Waals surface area contributed by atoms with Gasteiger partial charge in [-0.25, -0.2) is 14.4 Å².